The van der Waals surface area contributed by atoms with E-state index in [4.69, 9.17) is 17.3 Å². The van der Waals surface area contributed by atoms with Gasteiger partial charge in [0.25, 0.3) is 0 Å². The van der Waals surface area contributed by atoms with Gasteiger partial charge in [-0.2, -0.15) is 13.2 Å². The van der Waals surface area contributed by atoms with Gasteiger partial charge in [0.05, 0.1) is 16.3 Å². The molecule has 0 aliphatic rings. The highest BCUT2D eigenvalue weighted by atomic mass is 35.5. The predicted molar refractivity (Wildman–Crippen MR) is 64.1 cm³/mol. The number of aromatic nitrogens is 1. The van der Waals surface area contributed by atoms with E-state index in [0.717, 1.165) is 18.2 Å². The molecular weight excluding hydrogens is 284 g/mol. The minimum atomic E-state index is -4.53. The lowest BCUT2D eigenvalue weighted by molar-refractivity contribution is -0.137. The summed E-state index contributed by atoms with van der Waals surface area (Å²) < 4.78 is 50.9. The van der Waals surface area contributed by atoms with Gasteiger partial charge in [0.15, 0.2) is 0 Å². The fourth-order valence-electron chi connectivity index (χ4n) is 1.52. The van der Waals surface area contributed by atoms with E-state index in [1.165, 1.54) is 12.1 Å². The summed E-state index contributed by atoms with van der Waals surface area (Å²) in [6, 6.07) is 5.09. The molecule has 1 heterocycles. The number of halogens is 5. The highest BCUT2D eigenvalue weighted by Gasteiger charge is 2.31. The minimum Gasteiger partial charge on any atom is -0.384 e. The van der Waals surface area contributed by atoms with Crippen LogP contribution < -0.4 is 5.73 Å². The number of hydrogen-bond donors (Lipinski definition) is 1. The van der Waals surface area contributed by atoms with Crippen LogP contribution in [0.25, 0.3) is 11.3 Å². The summed E-state index contributed by atoms with van der Waals surface area (Å²) >= 11 is 5.58. The van der Waals surface area contributed by atoms with Gasteiger partial charge in [-0.3, -0.25) is 0 Å². The Labute approximate surface area is 110 Å². The zero-order valence-corrected chi connectivity index (χ0v) is 10.1. The molecule has 1 aromatic carbocycles. The third-order valence-corrected chi connectivity index (χ3v) is 2.68. The van der Waals surface area contributed by atoms with E-state index in [1.807, 2.05) is 0 Å². The molecule has 0 unspecified atom stereocenters. The van der Waals surface area contributed by atoms with Crippen molar-refractivity contribution in [2.45, 2.75) is 6.18 Å². The number of alkyl halides is 3. The van der Waals surface area contributed by atoms with E-state index < -0.39 is 17.6 Å². The molecule has 0 fully saturated rings. The Morgan fingerprint density at radius 3 is 2.37 bits per heavy atom. The number of benzene rings is 1. The van der Waals surface area contributed by atoms with Crippen LogP contribution in [0.2, 0.25) is 5.02 Å². The standard InChI is InChI=1S/C12H7ClF4N2/c13-8-3-6(1-2-9(8)14)10-4-7(12(15,16)17)5-11(18)19-10/h1-5H,(H2,18,19). The normalized spacial score (nSPS) is 11.6. The van der Waals surface area contributed by atoms with Crippen molar-refractivity contribution in [1.29, 1.82) is 0 Å². The average Bonchev–Trinajstić information content (AvgIpc) is 2.31. The molecule has 1 aromatic heterocycles. The second kappa shape index (κ2) is 4.70. The molecule has 2 nitrogen and oxygen atoms in total. The minimum absolute atomic E-state index is 0.0192. The molecule has 0 saturated heterocycles. The second-order valence-corrected chi connectivity index (χ2v) is 4.20. The molecular formula is C12H7ClF4N2. The van der Waals surface area contributed by atoms with E-state index in [9.17, 15) is 17.6 Å². The topological polar surface area (TPSA) is 38.9 Å². The lowest BCUT2D eigenvalue weighted by atomic mass is 10.1. The lowest BCUT2D eigenvalue weighted by Crippen LogP contribution is -2.07. The van der Waals surface area contributed by atoms with Gasteiger partial charge in [-0.1, -0.05) is 11.6 Å². The van der Waals surface area contributed by atoms with Crippen LogP contribution in [0, 0.1) is 5.82 Å². The van der Waals surface area contributed by atoms with Crippen molar-refractivity contribution in [3.8, 4) is 11.3 Å². The monoisotopic (exact) mass is 290 g/mol. The van der Waals surface area contributed by atoms with Crippen molar-refractivity contribution < 1.29 is 17.6 Å². The summed E-state index contributed by atoms with van der Waals surface area (Å²) in [6.45, 7) is 0. The van der Waals surface area contributed by atoms with Crippen LogP contribution in [0.15, 0.2) is 30.3 Å². The predicted octanol–water partition coefficient (Wildman–Crippen LogP) is 4.14. The Kier molecular flexibility index (Phi) is 3.36. The smallest absolute Gasteiger partial charge is 0.384 e. The first-order valence-corrected chi connectivity index (χ1v) is 5.45. The van der Waals surface area contributed by atoms with Gasteiger partial charge in [0.2, 0.25) is 0 Å². The molecule has 19 heavy (non-hydrogen) atoms. The summed E-state index contributed by atoms with van der Waals surface area (Å²) in [5, 5.41) is -0.199. The Hall–Kier alpha value is -1.82. The zero-order chi connectivity index (χ0) is 14.2. The molecule has 2 rings (SSSR count). The summed E-state index contributed by atoms with van der Waals surface area (Å²) in [7, 11) is 0. The van der Waals surface area contributed by atoms with Crippen LogP contribution in [-0.2, 0) is 6.18 Å². The fourth-order valence-corrected chi connectivity index (χ4v) is 1.70. The van der Waals surface area contributed by atoms with Crippen molar-refractivity contribution in [2.24, 2.45) is 0 Å². The number of nitrogen functional groups attached to an aromatic ring is 1. The largest absolute Gasteiger partial charge is 0.416 e. The number of pyridine rings is 1. The molecule has 0 saturated carbocycles. The van der Waals surface area contributed by atoms with E-state index in [1.54, 1.807) is 0 Å². The molecule has 7 heteroatoms. The summed E-state index contributed by atoms with van der Waals surface area (Å²) in [5.74, 6) is -0.935. The van der Waals surface area contributed by atoms with Gasteiger partial charge in [0, 0.05) is 5.56 Å². The summed E-state index contributed by atoms with van der Waals surface area (Å²) in [4.78, 5) is 3.79. The molecule has 0 aliphatic heterocycles. The van der Waals surface area contributed by atoms with Gasteiger partial charge in [0.1, 0.15) is 11.6 Å². The molecule has 0 amide bonds. The Morgan fingerprint density at radius 2 is 1.79 bits per heavy atom. The van der Waals surface area contributed by atoms with Gasteiger partial charge in [-0.05, 0) is 30.3 Å². The van der Waals surface area contributed by atoms with E-state index >= 15 is 0 Å². The zero-order valence-electron chi connectivity index (χ0n) is 9.30. The van der Waals surface area contributed by atoms with Crippen LogP contribution in [0.3, 0.4) is 0 Å². The third kappa shape index (κ3) is 2.96. The second-order valence-electron chi connectivity index (χ2n) is 3.79. The number of hydrogen-bond acceptors (Lipinski definition) is 2. The first kappa shape index (κ1) is 13.6. The van der Waals surface area contributed by atoms with E-state index in [-0.39, 0.29) is 22.1 Å². The first-order chi connectivity index (χ1) is 8.77. The molecule has 0 aliphatic carbocycles. The van der Waals surface area contributed by atoms with Crippen LogP contribution in [0.5, 0.6) is 0 Å². The molecule has 0 radical (unpaired) electrons. The van der Waals surface area contributed by atoms with Crippen molar-refractivity contribution in [1.82, 2.24) is 4.98 Å². The Morgan fingerprint density at radius 1 is 1.11 bits per heavy atom. The number of anilines is 1. The average molecular weight is 291 g/mol. The highest BCUT2D eigenvalue weighted by molar-refractivity contribution is 6.31. The van der Waals surface area contributed by atoms with E-state index in [0.29, 0.717) is 0 Å². The quantitative estimate of drug-likeness (QED) is 0.802. The third-order valence-electron chi connectivity index (χ3n) is 2.39. The van der Waals surface area contributed by atoms with E-state index in [2.05, 4.69) is 4.98 Å². The summed E-state index contributed by atoms with van der Waals surface area (Å²) in [5.41, 5.74) is 4.66. The summed E-state index contributed by atoms with van der Waals surface area (Å²) in [6.07, 6.45) is -4.53. The van der Waals surface area contributed by atoms with Gasteiger partial charge in [-0.15, -0.1) is 0 Å². The highest BCUT2D eigenvalue weighted by Crippen LogP contribution is 2.33. The Bertz CT molecular complexity index is 626. The molecule has 100 valence electrons. The van der Waals surface area contributed by atoms with Crippen molar-refractivity contribution in [3.05, 3.63) is 46.7 Å². The molecule has 0 atom stereocenters. The number of nitrogens with zero attached hydrogens (tertiary/aromatic N) is 1. The fraction of sp³-hybridized carbons (Fsp3) is 0.0833. The SMILES string of the molecule is Nc1cc(C(F)(F)F)cc(-c2ccc(F)c(Cl)c2)n1. The molecule has 0 spiro atoms. The number of rotatable bonds is 1. The lowest BCUT2D eigenvalue weighted by Gasteiger charge is -2.10. The van der Waals surface area contributed by atoms with Crippen molar-refractivity contribution >= 4 is 17.4 Å². The van der Waals surface area contributed by atoms with Crippen LogP contribution in [-0.4, -0.2) is 4.98 Å². The maximum atomic E-state index is 13.0. The number of nitrogens with two attached hydrogens (primary N) is 1. The van der Waals surface area contributed by atoms with Gasteiger partial charge in [-0.25, -0.2) is 9.37 Å². The van der Waals surface area contributed by atoms with Crippen molar-refractivity contribution in [3.63, 3.8) is 0 Å². The Balaban J connectivity index is 2.56. The van der Waals surface area contributed by atoms with Gasteiger partial charge < -0.3 is 5.73 Å². The van der Waals surface area contributed by atoms with Gasteiger partial charge >= 0.3 is 6.18 Å². The molecule has 2 N–H and O–H groups in total. The first-order valence-electron chi connectivity index (χ1n) is 5.07. The maximum Gasteiger partial charge on any atom is 0.416 e. The van der Waals surface area contributed by atoms with Crippen LogP contribution >= 0.6 is 11.6 Å². The molecule has 2 aromatic rings. The van der Waals surface area contributed by atoms with Crippen LogP contribution in [0.4, 0.5) is 23.4 Å². The maximum absolute atomic E-state index is 13.0. The molecule has 0 bridgehead atoms. The van der Waals surface area contributed by atoms with Crippen LogP contribution in [0.1, 0.15) is 5.56 Å². The van der Waals surface area contributed by atoms with Crippen molar-refractivity contribution in [2.75, 3.05) is 5.73 Å².